The predicted molar refractivity (Wildman–Crippen MR) is 92.2 cm³/mol. The van der Waals surface area contributed by atoms with Crippen molar-refractivity contribution in [3.8, 4) is 11.1 Å². The van der Waals surface area contributed by atoms with Gasteiger partial charge in [0.15, 0.2) is 0 Å². The second-order valence-electron chi connectivity index (χ2n) is 5.16. The Labute approximate surface area is 138 Å². The summed E-state index contributed by atoms with van der Waals surface area (Å²) in [5.74, 6) is -0.278. The Morgan fingerprint density at radius 1 is 0.833 bits per heavy atom. The summed E-state index contributed by atoms with van der Waals surface area (Å²) in [6.45, 7) is 0. The molecule has 0 atom stereocenters. The third-order valence-electron chi connectivity index (χ3n) is 3.51. The largest absolute Gasteiger partial charge is 0.269 e. The molecule has 0 heterocycles. The highest BCUT2D eigenvalue weighted by Crippen LogP contribution is 2.24. The van der Waals surface area contributed by atoms with Gasteiger partial charge in [-0.1, -0.05) is 24.3 Å². The zero-order valence-electron chi connectivity index (χ0n) is 12.6. The summed E-state index contributed by atoms with van der Waals surface area (Å²) in [7, 11) is 0. The molecule has 0 bridgehead atoms. The summed E-state index contributed by atoms with van der Waals surface area (Å²) in [4.78, 5) is 14.6. The Kier molecular flexibility index (Phi) is 4.43. The van der Waals surface area contributed by atoms with Gasteiger partial charge in [-0.05, 0) is 53.1 Å². The number of hydrogen-bond acceptors (Lipinski definition) is 3. The lowest BCUT2D eigenvalue weighted by molar-refractivity contribution is -0.384. The van der Waals surface area contributed by atoms with E-state index in [1.165, 1.54) is 24.3 Å². The zero-order chi connectivity index (χ0) is 16.9. The molecule has 3 aromatic rings. The molecule has 118 valence electrons. The molecule has 0 aliphatic heterocycles. The molecule has 3 aromatic carbocycles. The SMILES string of the molecule is O=[N+]([O-])c1ccc(-c2ccc(N=Cc3ccc(F)cc3)cc2)cc1. The van der Waals surface area contributed by atoms with E-state index < -0.39 is 4.92 Å². The van der Waals surface area contributed by atoms with Gasteiger partial charge < -0.3 is 0 Å². The maximum absolute atomic E-state index is 12.8. The molecule has 4 nitrogen and oxygen atoms in total. The van der Waals surface area contributed by atoms with E-state index >= 15 is 0 Å². The lowest BCUT2D eigenvalue weighted by Crippen LogP contribution is -1.87. The van der Waals surface area contributed by atoms with Crippen LogP contribution in [0, 0.1) is 15.9 Å². The molecule has 0 aliphatic rings. The minimum Gasteiger partial charge on any atom is -0.258 e. The fourth-order valence-corrected chi connectivity index (χ4v) is 2.21. The van der Waals surface area contributed by atoms with Crippen molar-refractivity contribution in [2.45, 2.75) is 0 Å². The van der Waals surface area contributed by atoms with Crippen molar-refractivity contribution < 1.29 is 9.31 Å². The van der Waals surface area contributed by atoms with Crippen LogP contribution >= 0.6 is 0 Å². The highest BCUT2D eigenvalue weighted by atomic mass is 19.1. The second-order valence-corrected chi connectivity index (χ2v) is 5.16. The van der Waals surface area contributed by atoms with Gasteiger partial charge in [0.05, 0.1) is 10.6 Å². The Morgan fingerprint density at radius 2 is 1.38 bits per heavy atom. The van der Waals surface area contributed by atoms with Crippen molar-refractivity contribution in [3.05, 3.63) is 94.3 Å². The van der Waals surface area contributed by atoms with Crippen molar-refractivity contribution in [1.29, 1.82) is 0 Å². The van der Waals surface area contributed by atoms with E-state index in [9.17, 15) is 14.5 Å². The number of rotatable bonds is 4. The van der Waals surface area contributed by atoms with Gasteiger partial charge in [-0.15, -0.1) is 0 Å². The van der Waals surface area contributed by atoms with Gasteiger partial charge in [0.2, 0.25) is 0 Å². The van der Waals surface area contributed by atoms with Crippen LogP contribution in [0.2, 0.25) is 0 Å². The molecule has 0 aromatic heterocycles. The first-order chi connectivity index (χ1) is 11.6. The molecule has 24 heavy (non-hydrogen) atoms. The van der Waals surface area contributed by atoms with Gasteiger partial charge in [-0.2, -0.15) is 0 Å². The second kappa shape index (κ2) is 6.83. The van der Waals surface area contributed by atoms with Crippen LogP contribution in [0.4, 0.5) is 15.8 Å². The van der Waals surface area contributed by atoms with E-state index in [2.05, 4.69) is 4.99 Å². The van der Waals surface area contributed by atoms with E-state index in [4.69, 9.17) is 0 Å². The zero-order valence-corrected chi connectivity index (χ0v) is 12.6. The number of aliphatic imine (C=N–C) groups is 1. The van der Waals surface area contributed by atoms with Crippen molar-refractivity contribution >= 4 is 17.6 Å². The van der Waals surface area contributed by atoms with E-state index in [0.717, 1.165) is 22.4 Å². The molecule has 0 spiro atoms. The van der Waals surface area contributed by atoms with Crippen LogP contribution in [0.15, 0.2) is 77.8 Å². The maximum Gasteiger partial charge on any atom is 0.269 e. The van der Waals surface area contributed by atoms with Gasteiger partial charge in [0.1, 0.15) is 5.82 Å². The average molecular weight is 320 g/mol. The smallest absolute Gasteiger partial charge is 0.258 e. The number of nitrogens with zero attached hydrogens (tertiary/aromatic N) is 2. The van der Waals surface area contributed by atoms with Crippen molar-refractivity contribution in [2.75, 3.05) is 0 Å². The van der Waals surface area contributed by atoms with Crippen molar-refractivity contribution in [3.63, 3.8) is 0 Å². The lowest BCUT2D eigenvalue weighted by atomic mass is 10.1. The summed E-state index contributed by atoms with van der Waals surface area (Å²) >= 11 is 0. The van der Waals surface area contributed by atoms with Crippen LogP contribution in [0.1, 0.15) is 5.56 Å². The monoisotopic (exact) mass is 320 g/mol. The van der Waals surface area contributed by atoms with Gasteiger partial charge in [-0.25, -0.2) is 4.39 Å². The first kappa shape index (κ1) is 15.6. The van der Waals surface area contributed by atoms with E-state index in [1.807, 2.05) is 24.3 Å². The molecule has 0 saturated heterocycles. The molecule has 0 aliphatic carbocycles. The molecule has 0 saturated carbocycles. The lowest BCUT2D eigenvalue weighted by Gasteiger charge is -2.02. The number of nitro groups is 1. The number of benzene rings is 3. The standard InChI is InChI=1S/C19H13FN2O2/c20-17-7-1-14(2-8-17)13-21-18-9-3-15(4-10-18)16-5-11-19(12-6-16)22(23)24/h1-13H. The fourth-order valence-electron chi connectivity index (χ4n) is 2.21. The Balaban J connectivity index is 1.75. The van der Waals surface area contributed by atoms with Gasteiger partial charge in [0, 0.05) is 18.3 Å². The summed E-state index contributed by atoms with van der Waals surface area (Å²) in [6, 6.07) is 20.0. The molecule has 0 fully saturated rings. The van der Waals surface area contributed by atoms with Crippen molar-refractivity contribution in [2.24, 2.45) is 4.99 Å². The van der Waals surface area contributed by atoms with Gasteiger partial charge >= 0.3 is 0 Å². The van der Waals surface area contributed by atoms with E-state index in [-0.39, 0.29) is 11.5 Å². The molecule has 0 N–H and O–H groups in total. The highest BCUT2D eigenvalue weighted by molar-refractivity contribution is 5.82. The van der Waals surface area contributed by atoms with Crippen LogP contribution < -0.4 is 0 Å². The van der Waals surface area contributed by atoms with Gasteiger partial charge in [-0.3, -0.25) is 15.1 Å². The fraction of sp³-hybridized carbons (Fsp3) is 0. The molecule has 5 heteroatoms. The topological polar surface area (TPSA) is 55.5 Å². The molecule has 0 unspecified atom stereocenters. The van der Waals surface area contributed by atoms with Crippen molar-refractivity contribution in [1.82, 2.24) is 0 Å². The summed E-state index contributed by atoms with van der Waals surface area (Å²) in [5.41, 5.74) is 3.50. The average Bonchev–Trinajstić information content (AvgIpc) is 2.62. The minimum absolute atomic E-state index is 0.0688. The van der Waals surface area contributed by atoms with E-state index in [0.29, 0.717) is 0 Å². The molecule has 0 radical (unpaired) electrons. The minimum atomic E-state index is -0.420. The van der Waals surface area contributed by atoms with Crippen LogP contribution in [0.3, 0.4) is 0 Å². The first-order valence-electron chi connectivity index (χ1n) is 7.26. The molecule has 0 amide bonds. The Hall–Kier alpha value is -3.34. The maximum atomic E-state index is 12.8. The molecular formula is C19H13FN2O2. The molecular weight excluding hydrogens is 307 g/mol. The third-order valence-corrected chi connectivity index (χ3v) is 3.51. The number of nitro benzene ring substituents is 1. The normalized spacial score (nSPS) is 10.9. The van der Waals surface area contributed by atoms with Crippen LogP contribution in [0.5, 0.6) is 0 Å². The Morgan fingerprint density at radius 3 is 1.92 bits per heavy atom. The predicted octanol–water partition coefficient (Wildman–Crippen LogP) is 5.15. The third kappa shape index (κ3) is 3.70. The first-order valence-corrected chi connectivity index (χ1v) is 7.26. The molecule has 3 rings (SSSR count). The van der Waals surface area contributed by atoms with Crippen LogP contribution in [-0.4, -0.2) is 11.1 Å². The summed E-state index contributed by atoms with van der Waals surface area (Å²) < 4.78 is 12.8. The van der Waals surface area contributed by atoms with E-state index in [1.54, 1.807) is 30.5 Å². The quantitative estimate of drug-likeness (QED) is 0.379. The van der Waals surface area contributed by atoms with Crippen LogP contribution in [-0.2, 0) is 0 Å². The Bertz CT molecular complexity index is 871. The number of hydrogen-bond donors (Lipinski definition) is 0. The number of non-ortho nitro benzene ring substituents is 1. The number of halogens is 1. The van der Waals surface area contributed by atoms with Gasteiger partial charge in [0.25, 0.3) is 5.69 Å². The van der Waals surface area contributed by atoms with Crippen LogP contribution in [0.25, 0.3) is 11.1 Å². The summed E-state index contributed by atoms with van der Waals surface area (Å²) in [5, 5.41) is 10.7. The highest BCUT2D eigenvalue weighted by Gasteiger charge is 2.05. The summed E-state index contributed by atoms with van der Waals surface area (Å²) in [6.07, 6.45) is 1.67.